The van der Waals surface area contributed by atoms with Gasteiger partial charge in [0, 0.05) is 22.5 Å². The average Bonchev–Trinajstić information content (AvgIpc) is 3.23. The van der Waals surface area contributed by atoms with E-state index in [0.717, 1.165) is 32.8 Å². The molecule has 9 heteroatoms. The number of rotatable bonds is 9. The normalized spacial score (nSPS) is 11.4. The van der Waals surface area contributed by atoms with Crippen LogP contribution >= 0.6 is 11.6 Å². The van der Waals surface area contributed by atoms with Crippen LogP contribution in [0.3, 0.4) is 0 Å². The summed E-state index contributed by atoms with van der Waals surface area (Å²) in [4.78, 5) is 13.1. The monoisotopic (exact) mass is 526 g/mol. The summed E-state index contributed by atoms with van der Waals surface area (Å²) in [7, 11) is -2.57. The number of hydrogen-bond donors (Lipinski definition) is 1. The molecule has 0 aliphatic rings. The molecular weight excluding hydrogens is 500 g/mol. The lowest BCUT2D eigenvalue weighted by molar-refractivity contribution is 0.0972. The van der Waals surface area contributed by atoms with Gasteiger partial charge in [-0.3, -0.25) is 4.79 Å². The molecule has 0 saturated carbocycles. The molecule has 4 rings (SSSR count). The molecule has 1 heterocycles. The summed E-state index contributed by atoms with van der Waals surface area (Å²) < 4.78 is 40.6. The van der Waals surface area contributed by atoms with Gasteiger partial charge in [0.25, 0.3) is 15.9 Å². The zero-order chi connectivity index (χ0) is 25.9. The molecule has 0 saturated heterocycles. The second-order valence-electron chi connectivity index (χ2n) is 8.42. The Morgan fingerprint density at radius 1 is 0.972 bits per heavy atom. The molecule has 0 aliphatic carbocycles. The summed E-state index contributed by atoms with van der Waals surface area (Å²) in [5.41, 5.74) is 2.98. The molecule has 0 aliphatic heterocycles. The maximum atomic E-state index is 13.1. The Morgan fingerprint density at radius 2 is 1.64 bits per heavy atom. The first kappa shape index (κ1) is 25.6. The number of benzene rings is 3. The molecule has 3 aromatic carbocycles. The number of sulfonamides is 1. The van der Waals surface area contributed by atoms with E-state index in [0.29, 0.717) is 25.3 Å². The summed E-state index contributed by atoms with van der Waals surface area (Å²) in [6, 6.07) is 18.9. The number of nitrogens with one attached hydrogen (secondary N) is 1. The fourth-order valence-electron chi connectivity index (χ4n) is 4.03. The van der Waals surface area contributed by atoms with E-state index in [1.807, 2.05) is 54.8 Å². The van der Waals surface area contributed by atoms with E-state index in [4.69, 9.17) is 21.1 Å². The zero-order valence-corrected chi connectivity index (χ0v) is 21.8. The molecule has 188 valence electrons. The number of fused-ring (bicyclic) bond motifs is 1. The van der Waals surface area contributed by atoms with Crippen LogP contribution in [-0.4, -0.2) is 32.6 Å². The number of aromatic nitrogens is 1. The van der Waals surface area contributed by atoms with Crippen LogP contribution in [0.5, 0.6) is 11.5 Å². The van der Waals surface area contributed by atoms with Crippen LogP contribution in [0.2, 0.25) is 5.02 Å². The molecule has 0 spiro atoms. The van der Waals surface area contributed by atoms with Crippen LogP contribution in [0.15, 0.2) is 71.6 Å². The molecule has 0 unspecified atom stereocenters. The Bertz CT molecular complexity index is 1490. The van der Waals surface area contributed by atoms with Crippen molar-refractivity contribution >= 4 is 38.4 Å². The van der Waals surface area contributed by atoms with Crippen molar-refractivity contribution in [1.82, 2.24) is 9.29 Å². The predicted molar refractivity (Wildman–Crippen MR) is 141 cm³/mol. The minimum atomic E-state index is -4.06. The Labute approximate surface area is 215 Å². The van der Waals surface area contributed by atoms with Gasteiger partial charge in [-0.2, -0.15) is 0 Å². The van der Waals surface area contributed by atoms with Crippen molar-refractivity contribution in [2.45, 2.75) is 31.7 Å². The van der Waals surface area contributed by atoms with E-state index in [1.54, 1.807) is 6.07 Å². The van der Waals surface area contributed by atoms with Crippen LogP contribution in [0.4, 0.5) is 0 Å². The number of para-hydroxylation sites is 1. The number of carbonyl (C=O) groups is 1. The van der Waals surface area contributed by atoms with Gasteiger partial charge in [-0.15, -0.1) is 0 Å². The van der Waals surface area contributed by atoms with Gasteiger partial charge in [-0.25, -0.2) is 13.1 Å². The van der Waals surface area contributed by atoms with Gasteiger partial charge in [0.15, 0.2) is 0 Å². The molecule has 4 aromatic rings. The minimum absolute atomic E-state index is 0.0266. The highest BCUT2D eigenvalue weighted by atomic mass is 35.5. The molecule has 1 aromatic heterocycles. The van der Waals surface area contributed by atoms with Gasteiger partial charge in [0.1, 0.15) is 17.2 Å². The van der Waals surface area contributed by atoms with E-state index < -0.39 is 15.9 Å². The predicted octanol–water partition coefficient (Wildman–Crippen LogP) is 5.51. The van der Waals surface area contributed by atoms with Gasteiger partial charge in [0.05, 0.1) is 18.6 Å². The van der Waals surface area contributed by atoms with Gasteiger partial charge < -0.3 is 14.0 Å². The van der Waals surface area contributed by atoms with Gasteiger partial charge in [0.2, 0.25) is 0 Å². The highest BCUT2D eigenvalue weighted by molar-refractivity contribution is 7.90. The third-order valence-corrected chi connectivity index (χ3v) is 7.79. The SMILES string of the molecule is COc1ccc(S(=O)(=O)NC(=O)c2cc3ccccc3n2CCCOc2cc(C)c(Cl)c(C)c2)cc1. The van der Waals surface area contributed by atoms with E-state index in [9.17, 15) is 13.2 Å². The molecule has 1 amide bonds. The number of nitrogens with zero attached hydrogens (tertiary/aromatic N) is 1. The van der Waals surface area contributed by atoms with Crippen LogP contribution < -0.4 is 14.2 Å². The van der Waals surface area contributed by atoms with Crippen molar-refractivity contribution in [3.8, 4) is 11.5 Å². The molecule has 1 N–H and O–H groups in total. The topological polar surface area (TPSA) is 86.6 Å². The number of carbonyl (C=O) groups excluding carboxylic acids is 1. The summed E-state index contributed by atoms with van der Waals surface area (Å²) in [6.45, 7) is 4.74. The first-order valence-electron chi connectivity index (χ1n) is 11.4. The second-order valence-corrected chi connectivity index (χ2v) is 10.5. The standard InChI is InChI=1S/C27H27ClN2O5S/c1-18-15-22(16-19(2)26(18)28)35-14-6-13-30-24-8-5-4-7-20(24)17-25(30)27(31)29-36(32,33)23-11-9-21(34-3)10-12-23/h4-5,7-12,15-17H,6,13-14H2,1-3H3,(H,29,31). The lowest BCUT2D eigenvalue weighted by Gasteiger charge is -2.13. The highest BCUT2D eigenvalue weighted by Crippen LogP contribution is 2.26. The number of methoxy groups -OCH3 is 1. The fraction of sp³-hybridized carbons (Fsp3) is 0.222. The Kier molecular flexibility index (Phi) is 7.56. The molecule has 0 fully saturated rings. The van der Waals surface area contributed by atoms with Crippen molar-refractivity contribution in [2.75, 3.05) is 13.7 Å². The lowest BCUT2D eigenvalue weighted by atomic mass is 10.1. The van der Waals surface area contributed by atoms with Gasteiger partial charge in [-0.05, 0) is 79.9 Å². The summed E-state index contributed by atoms with van der Waals surface area (Å²) in [6.07, 6.45) is 0.602. The molecular formula is C27H27ClN2O5S. The van der Waals surface area contributed by atoms with Gasteiger partial charge in [-0.1, -0.05) is 29.8 Å². The number of aryl methyl sites for hydroxylation is 3. The van der Waals surface area contributed by atoms with Crippen molar-refractivity contribution < 1.29 is 22.7 Å². The maximum Gasteiger partial charge on any atom is 0.281 e. The van der Waals surface area contributed by atoms with E-state index >= 15 is 0 Å². The molecule has 0 radical (unpaired) electrons. The number of hydrogen-bond acceptors (Lipinski definition) is 5. The summed E-state index contributed by atoms with van der Waals surface area (Å²) >= 11 is 6.23. The summed E-state index contributed by atoms with van der Waals surface area (Å²) in [5.74, 6) is 0.550. The third-order valence-electron chi connectivity index (χ3n) is 5.84. The Morgan fingerprint density at radius 3 is 2.31 bits per heavy atom. The van der Waals surface area contributed by atoms with E-state index in [2.05, 4.69) is 4.72 Å². The van der Waals surface area contributed by atoms with Gasteiger partial charge >= 0.3 is 0 Å². The maximum absolute atomic E-state index is 13.1. The highest BCUT2D eigenvalue weighted by Gasteiger charge is 2.22. The zero-order valence-electron chi connectivity index (χ0n) is 20.2. The van der Waals surface area contributed by atoms with E-state index in [-0.39, 0.29) is 10.6 Å². The van der Waals surface area contributed by atoms with Crippen LogP contribution in [0.25, 0.3) is 10.9 Å². The Hall–Kier alpha value is -3.49. The van der Waals surface area contributed by atoms with Crippen molar-refractivity contribution in [3.63, 3.8) is 0 Å². The van der Waals surface area contributed by atoms with Crippen molar-refractivity contribution in [2.24, 2.45) is 0 Å². The van der Waals surface area contributed by atoms with Crippen LogP contribution in [-0.2, 0) is 16.6 Å². The number of amides is 1. The largest absolute Gasteiger partial charge is 0.497 e. The first-order chi connectivity index (χ1) is 17.2. The second kappa shape index (κ2) is 10.6. The fourth-order valence-corrected chi connectivity index (χ4v) is 5.10. The van der Waals surface area contributed by atoms with Crippen LogP contribution in [0, 0.1) is 13.8 Å². The van der Waals surface area contributed by atoms with Crippen molar-refractivity contribution in [3.05, 3.63) is 88.6 Å². The Balaban J connectivity index is 1.51. The third kappa shape index (κ3) is 5.50. The van der Waals surface area contributed by atoms with Crippen LogP contribution in [0.1, 0.15) is 28.0 Å². The molecule has 7 nitrogen and oxygen atoms in total. The molecule has 36 heavy (non-hydrogen) atoms. The lowest BCUT2D eigenvalue weighted by Crippen LogP contribution is -2.32. The minimum Gasteiger partial charge on any atom is -0.497 e. The smallest absolute Gasteiger partial charge is 0.281 e. The van der Waals surface area contributed by atoms with Crippen molar-refractivity contribution in [1.29, 1.82) is 0 Å². The average molecular weight is 527 g/mol. The number of halogens is 1. The van der Waals surface area contributed by atoms with E-state index in [1.165, 1.54) is 31.4 Å². The molecule has 0 atom stereocenters. The first-order valence-corrected chi connectivity index (χ1v) is 13.2. The quantitative estimate of drug-likeness (QED) is 0.291. The number of ether oxygens (including phenoxy) is 2. The molecule has 0 bridgehead atoms. The summed E-state index contributed by atoms with van der Waals surface area (Å²) in [5, 5.41) is 1.57.